The molecule has 0 bridgehead atoms. The van der Waals surface area contributed by atoms with E-state index in [-0.39, 0.29) is 0 Å². The Morgan fingerprint density at radius 2 is 2.13 bits per heavy atom. The van der Waals surface area contributed by atoms with Crippen LogP contribution in [-0.2, 0) is 6.42 Å². The summed E-state index contributed by atoms with van der Waals surface area (Å²) in [4.78, 5) is 4.18. The number of hydrogen-bond donors (Lipinski definition) is 0. The Kier molecular flexibility index (Phi) is 2.93. The van der Waals surface area contributed by atoms with Crippen LogP contribution in [-0.4, -0.2) is 10.1 Å². The molecule has 2 rings (SSSR count). The summed E-state index contributed by atoms with van der Waals surface area (Å²) >= 11 is 11.8. The summed E-state index contributed by atoms with van der Waals surface area (Å²) in [6.45, 7) is 1.95. The van der Waals surface area contributed by atoms with Gasteiger partial charge in [0, 0.05) is 17.0 Å². The number of hydrogen-bond acceptors (Lipinski definition) is 3. The van der Waals surface area contributed by atoms with Gasteiger partial charge in [0.1, 0.15) is 0 Å². The lowest BCUT2D eigenvalue weighted by Crippen LogP contribution is -1.83. The zero-order valence-electron chi connectivity index (χ0n) is 8.00. The normalized spacial score (nSPS) is 10.6. The smallest absolute Gasteiger partial charge is 0.226 e. The van der Waals surface area contributed by atoms with Gasteiger partial charge in [0.05, 0.1) is 5.02 Å². The van der Waals surface area contributed by atoms with Gasteiger partial charge in [0.2, 0.25) is 11.7 Å². The highest BCUT2D eigenvalue weighted by molar-refractivity contribution is 6.36. The number of halogens is 2. The van der Waals surface area contributed by atoms with E-state index < -0.39 is 0 Å². The molecule has 0 amide bonds. The van der Waals surface area contributed by atoms with Crippen LogP contribution in [0.4, 0.5) is 0 Å². The van der Waals surface area contributed by atoms with E-state index in [0.717, 1.165) is 5.56 Å². The molecule has 0 aliphatic heterocycles. The van der Waals surface area contributed by atoms with Gasteiger partial charge in [-0.2, -0.15) is 4.98 Å². The SMILES string of the molecule is CCc1nc(-c2ccc(Cl)cc2Cl)no1. The molecule has 0 atom stereocenters. The number of aromatic nitrogens is 2. The number of rotatable bonds is 2. The molecule has 0 saturated carbocycles. The van der Waals surface area contributed by atoms with Crippen molar-refractivity contribution < 1.29 is 4.52 Å². The molecular formula is C10H8Cl2N2O. The van der Waals surface area contributed by atoms with Gasteiger partial charge < -0.3 is 4.52 Å². The van der Waals surface area contributed by atoms with Crippen LogP contribution in [0.25, 0.3) is 11.4 Å². The van der Waals surface area contributed by atoms with Gasteiger partial charge >= 0.3 is 0 Å². The maximum absolute atomic E-state index is 6.01. The quantitative estimate of drug-likeness (QED) is 0.808. The van der Waals surface area contributed by atoms with Gasteiger partial charge in [-0.25, -0.2) is 0 Å². The van der Waals surface area contributed by atoms with Gasteiger partial charge in [0.25, 0.3) is 0 Å². The molecule has 0 fully saturated rings. The van der Waals surface area contributed by atoms with E-state index in [2.05, 4.69) is 10.1 Å². The average molecular weight is 243 g/mol. The van der Waals surface area contributed by atoms with Crippen molar-refractivity contribution in [2.24, 2.45) is 0 Å². The molecule has 0 aliphatic carbocycles. The third-order valence-corrected chi connectivity index (χ3v) is 2.49. The summed E-state index contributed by atoms with van der Waals surface area (Å²) in [5, 5.41) is 4.94. The average Bonchev–Trinajstić information content (AvgIpc) is 2.66. The Labute approximate surface area is 97.0 Å². The lowest BCUT2D eigenvalue weighted by Gasteiger charge is -1.98. The lowest BCUT2D eigenvalue weighted by molar-refractivity contribution is 0.383. The van der Waals surface area contributed by atoms with E-state index >= 15 is 0 Å². The monoisotopic (exact) mass is 242 g/mol. The van der Waals surface area contributed by atoms with Crippen molar-refractivity contribution in [1.82, 2.24) is 10.1 Å². The van der Waals surface area contributed by atoms with Gasteiger partial charge in [0.15, 0.2) is 0 Å². The first kappa shape index (κ1) is 10.5. The van der Waals surface area contributed by atoms with E-state index in [1.54, 1.807) is 18.2 Å². The first-order chi connectivity index (χ1) is 7.20. The summed E-state index contributed by atoms with van der Waals surface area (Å²) in [5.74, 6) is 1.09. The molecule has 0 spiro atoms. The number of nitrogens with zero attached hydrogens (tertiary/aromatic N) is 2. The van der Waals surface area contributed by atoms with Crippen LogP contribution in [0.1, 0.15) is 12.8 Å². The van der Waals surface area contributed by atoms with Crippen LogP contribution in [0.2, 0.25) is 10.0 Å². The topological polar surface area (TPSA) is 38.9 Å². The molecule has 5 heteroatoms. The highest BCUT2D eigenvalue weighted by Crippen LogP contribution is 2.28. The second kappa shape index (κ2) is 4.21. The highest BCUT2D eigenvalue weighted by Gasteiger charge is 2.10. The zero-order chi connectivity index (χ0) is 10.8. The van der Waals surface area contributed by atoms with Gasteiger partial charge in [-0.05, 0) is 18.2 Å². The van der Waals surface area contributed by atoms with E-state index in [1.807, 2.05) is 6.92 Å². The largest absolute Gasteiger partial charge is 0.339 e. The molecular weight excluding hydrogens is 235 g/mol. The fourth-order valence-corrected chi connectivity index (χ4v) is 1.67. The molecule has 2 aromatic rings. The number of benzene rings is 1. The summed E-state index contributed by atoms with van der Waals surface area (Å²) in [5.41, 5.74) is 0.726. The Morgan fingerprint density at radius 1 is 1.33 bits per heavy atom. The third-order valence-electron chi connectivity index (χ3n) is 1.94. The van der Waals surface area contributed by atoms with E-state index in [1.165, 1.54) is 0 Å². The minimum absolute atomic E-state index is 0.494. The summed E-state index contributed by atoms with van der Waals surface area (Å²) in [6, 6.07) is 5.17. The predicted molar refractivity (Wildman–Crippen MR) is 59.1 cm³/mol. The Morgan fingerprint density at radius 3 is 2.73 bits per heavy atom. The molecule has 0 unspecified atom stereocenters. The second-order valence-corrected chi connectivity index (χ2v) is 3.83. The molecule has 0 N–H and O–H groups in total. The molecule has 15 heavy (non-hydrogen) atoms. The predicted octanol–water partition coefficient (Wildman–Crippen LogP) is 3.61. The van der Waals surface area contributed by atoms with Crippen LogP contribution < -0.4 is 0 Å². The second-order valence-electron chi connectivity index (χ2n) is 2.99. The van der Waals surface area contributed by atoms with Crippen molar-refractivity contribution in [3.63, 3.8) is 0 Å². The van der Waals surface area contributed by atoms with Crippen LogP contribution in [0, 0.1) is 0 Å². The summed E-state index contributed by atoms with van der Waals surface area (Å²) in [6.07, 6.45) is 0.707. The van der Waals surface area contributed by atoms with Crippen molar-refractivity contribution >= 4 is 23.2 Å². The third kappa shape index (κ3) is 2.13. The van der Waals surface area contributed by atoms with Crippen molar-refractivity contribution in [2.75, 3.05) is 0 Å². The van der Waals surface area contributed by atoms with Crippen LogP contribution in [0.5, 0.6) is 0 Å². The van der Waals surface area contributed by atoms with Crippen LogP contribution in [0.3, 0.4) is 0 Å². The number of aryl methyl sites for hydroxylation is 1. The fourth-order valence-electron chi connectivity index (χ4n) is 1.18. The minimum Gasteiger partial charge on any atom is -0.339 e. The molecule has 0 radical (unpaired) electrons. The maximum Gasteiger partial charge on any atom is 0.226 e. The van der Waals surface area contributed by atoms with Crippen molar-refractivity contribution in [2.45, 2.75) is 13.3 Å². The highest BCUT2D eigenvalue weighted by atomic mass is 35.5. The Hall–Kier alpha value is -1.06. The molecule has 0 aliphatic rings. The Bertz CT molecular complexity index is 482. The van der Waals surface area contributed by atoms with Gasteiger partial charge in [-0.3, -0.25) is 0 Å². The van der Waals surface area contributed by atoms with Crippen molar-refractivity contribution in [1.29, 1.82) is 0 Å². The molecule has 1 aromatic carbocycles. The lowest BCUT2D eigenvalue weighted by atomic mass is 10.2. The van der Waals surface area contributed by atoms with Crippen LogP contribution >= 0.6 is 23.2 Å². The Balaban J connectivity index is 2.44. The molecule has 1 aromatic heterocycles. The fraction of sp³-hybridized carbons (Fsp3) is 0.200. The summed E-state index contributed by atoms with van der Waals surface area (Å²) in [7, 11) is 0. The standard InChI is InChI=1S/C10H8Cl2N2O/c1-2-9-13-10(14-15-9)7-4-3-6(11)5-8(7)12/h3-5H,2H2,1H3. The van der Waals surface area contributed by atoms with E-state index in [9.17, 15) is 0 Å². The first-order valence-electron chi connectivity index (χ1n) is 4.48. The zero-order valence-corrected chi connectivity index (χ0v) is 9.51. The van der Waals surface area contributed by atoms with Crippen molar-refractivity contribution in [3.05, 3.63) is 34.1 Å². The maximum atomic E-state index is 6.01. The molecule has 1 heterocycles. The molecule has 0 saturated heterocycles. The summed E-state index contributed by atoms with van der Waals surface area (Å²) < 4.78 is 5.00. The van der Waals surface area contributed by atoms with E-state index in [0.29, 0.717) is 28.2 Å². The molecule has 3 nitrogen and oxygen atoms in total. The van der Waals surface area contributed by atoms with Gasteiger partial charge in [-0.1, -0.05) is 35.3 Å². The molecule has 78 valence electrons. The van der Waals surface area contributed by atoms with Gasteiger partial charge in [-0.15, -0.1) is 0 Å². The van der Waals surface area contributed by atoms with E-state index in [4.69, 9.17) is 27.7 Å². The minimum atomic E-state index is 0.494. The first-order valence-corrected chi connectivity index (χ1v) is 5.24. The van der Waals surface area contributed by atoms with Crippen LogP contribution in [0.15, 0.2) is 22.7 Å². The van der Waals surface area contributed by atoms with Crippen molar-refractivity contribution in [3.8, 4) is 11.4 Å².